The van der Waals surface area contributed by atoms with Crippen LogP contribution in [0, 0.1) is 11.7 Å². The molecule has 0 saturated carbocycles. The summed E-state index contributed by atoms with van der Waals surface area (Å²) in [7, 11) is 0. The van der Waals surface area contributed by atoms with Gasteiger partial charge in [-0.1, -0.05) is 59.6 Å². The van der Waals surface area contributed by atoms with E-state index in [0.717, 1.165) is 11.1 Å². The first-order valence-corrected chi connectivity index (χ1v) is 11.1. The molecule has 4 amide bonds. The molecule has 4 N–H and O–H groups in total. The van der Waals surface area contributed by atoms with Gasteiger partial charge in [0.25, 0.3) is 0 Å². The van der Waals surface area contributed by atoms with Crippen LogP contribution in [0.2, 0.25) is 10.0 Å². The first-order valence-electron chi connectivity index (χ1n) is 10.3. The highest BCUT2D eigenvalue weighted by Crippen LogP contribution is 2.48. The number of rotatable bonds is 3. The van der Waals surface area contributed by atoms with Crippen molar-refractivity contribution in [1.29, 1.82) is 0 Å². The number of nitrogens with one attached hydrogen (secondary N) is 4. The first-order chi connectivity index (χ1) is 15.9. The Morgan fingerprint density at radius 2 is 1.09 bits per heavy atom. The minimum absolute atomic E-state index is 0.421. The number of amides is 4. The van der Waals surface area contributed by atoms with Gasteiger partial charge in [0.15, 0.2) is 0 Å². The van der Waals surface area contributed by atoms with Gasteiger partial charge in [0.2, 0.25) is 0 Å². The Hall–Kier alpha value is -3.29. The predicted molar refractivity (Wildman–Crippen MR) is 123 cm³/mol. The van der Waals surface area contributed by atoms with Crippen molar-refractivity contribution < 1.29 is 14.0 Å². The molecule has 0 aromatic heterocycles. The molecule has 2 saturated heterocycles. The Morgan fingerprint density at radius 3 is 1.52 bits per heavy atom. The van der Waals surface area contributed by atoms with Crippen molar-refractivity contribution >= 4 is 35.3 Å². The standard InChI is InChI=1S/C24H19Cl2FN4O2/c25-16-7-1-13(2-8-16)20-19-21(14-3-9-17(26)10-4-14)29-23(33)31-24(19,30-22(32)28-20)15-5-11-18(27)12-6-15/h1-12,19-21H,(H2,28,30,32)(H2,29,31,33). The summed E-state index contributed by atoms with van der Waals surface area (Å²) in [6.07, 6.45) is 0. The number of fused-ring (bicyclic) bond motifs is 1. The maximum atomic E-state index is 13.8. The molecule has 3 aromatic carbocycles. The smallest absolute Gasteiger partial charge is 0.317 e. The second kappa shape index (κ2) is 8.24. The van der Waals surface area contributed by atoms with Crippen molar-refractivity contribution in [2.75, 3.05) is 0 Å². The van der Waals surface area contributed by atoms with Gasteiger partial charge in [0, 0.05) is 10.0 Å². The third-order valence-corrected chi connectivity index (χ3v) is 6.67. The van der Waals surface area contributed by atoms with E-state index in [-0.39, 0.29) is 0 Å². The van der Waals surface area contributed by atoms with E-state index in [1.54, 1.807) is 36.4 Å². The van der Waals surface area contributed by atoms with Crippen LogP contribution in [0.1, 0.15) is 28.8 Å². The highest BCUT2D eigenvalue weighted by molar-refractivity contribution is 6.30. The van der Waals surface area contributed by atoms with Gasteiger partial charge in [-0.3, -0.25) is 0 Å². The molecular formula is C24H19Cl2FN4O2. The fourth-order valence-electron chi connectivity index (χ4n) is 4.75. The summed E-state index contributed by atoms with van der Waals surface area (Å²) in [5, 5.41) is 13.0. The van der Waals surface area contributed by atoms with Crippen LogP contribution >= 0.6 is 23.2 Å². The van der Waals surface area contributed by atoms with E-state index in [1.165, 1.54) is 12.1 Å². The highest BCUT2D eigenvalue weighted by Gasteiger charge is 2.57. The Kier molecular flexibility index (Phi) is 5.38. The summed E-state index contributed by atoms with van der Waals surface area (Å²) in [5.74, 6) is -0.878. The van der Waals surface area contributed by atoms with E-state index < -0.39 is 41.5 Å². The molecule has 2 fully saturated rings. The van der Waals surface area contributed by atoms with E-state index in [9.17, 15) is 14.0 Å². The zero-order chi connectivity index (χ0) is 23.2. The van der Waals surface area contributed by atoms with E-state index in [4.69, 9.17) is 23.2 Å². The number of hydrogen-bond donors (Lipinski definition) is 4. The molecule has 0 radical (unpaired) electrons. The van der Waals surface area contributed by atoms with Crippen LogP contribution in [0.5, 0.6) is 0 Å². The molecule has 2 aliphatic heterocycles. The maximum absolute atomic E-state index is 13.8. The molecule has 9 heteroatoms. The second-order valence-electron chi connectivity index (χ2n) is 8.10. The van der Waals surface area contributed by atoms with Crippen molar-refractivity contribution in [2.45, 2.75) is 17.7 Å². The summed E-state index contributed by atoms with van der Waals surface area (Å²) >= 11 is 12.2. The van der Waals surface area contributed by atoms with Crippen LogP contribution in [-0.2, 0) is 5.66 Å². The molecule has 2 atom stereocenters. The Labute approximate surface area is 199 Å². The molecular weight excluding hydrogens is 466 g/mol. The molecule has 2 unspecified atom stereocenters. The number of carbonyl (C=O) groups is 2. The molecule has 0 aliphatic carbocycles. The molecule has 5 rings (SSSR count). The average molecular weight is 485 g/mol. The predicted octanol–water partition coefficient (Wildman–Crippen LogP) is 5.01. The second-order valence-corrected chi connectivity index (χ2v) is 8.97. The van der Waals surface area contributed by atoms with Gasteiger partial charge in [-0.05, 0) is 53.1 Å². The van der Waals surface area contributed by atoms with E-state index >= 15 is 0 Å². The monoisotopic (exact) mass is 484 g/mol. The number of carbonyl (C=O) groups excluding carboxylic acids is 2. The third-order valence-electron chi connectivity index (χ3n) is 6.17. The fraction of sp³-hybridized carbons (Fsp3) is 0.167. The topological polar surface area (TPSA) is 82.3 Å². The Morgan fingerprint density at radius 1 is 0.667 bits per heavy atom. The lowest BCUT2D eigenvalue weighted by Gasteiger charge is -2.54. The lowest BCUT2D eigenvalue weighted by atomic mass is 9.70. The van der Waals surface area contributed by atoms with Gasteiger partial charge >= 0.3 is 12.1 Å². The third kappa shape index (κ3) is 3.87. The van der Waals surface area contributed by atoms with Crippen molar-refractivity contribution in [2.24, 2.45) is 5.92 Å². The van der Waals surface area contributed by atoms with Crippen LogP contribution in [0.15, 0.2) is 72.8 Å². The summed E-state index contributed by atoms with van der Waals surface area (Å²) in [4.78, 5) is 25.8. The largest absolute Gasteiger partial charge is 0.331 e. The lowest BCUT2D eigenvalue weighted by Crippen LogP contribution is -2.76. The molecule has 6 nitrogen and oxygen atoms in total. The van der Waals surface area contributed by atoms with Gasteiger partial charge < -0.3 is 21.3 Å². The maximum Gasteiger partial charge on any atom is 0.317 e. The van der Waals surface area contributed by atoms with Crippen LogP contribution < -0.4 is 21.3 Å². The van der Waals surface area contributed by atoms with E-state index in [0.29, 0.717) is 15.6 Å². The van der Waals surface area contributed by atoms with E-state index in [2.05, 4.69) is 21.3 Å². The number of hydrogen-bond acceptors (Lipinski definition) is 2. The van der Waals surface area contributed by atoms with E-state index in [1.807, 2.05) is 24.3 Å². The first kappa shape index (κ1) is 21.6. The lowest BCUT2D eigenvalue weighted by molar-refractivity contribution is 0.0557. The summed E-state index contributed by atoms with van der Waals surface area (Å²) < 4.78 is 13.8. The van der Waals surface area contributed by atoms with Gasteiger partial charge in [0.1, 0.15) is 11.5 Å². The Balaban J connectivity index is 1.72. The van der Waals surface area contributed by atoms with Crippen LogP contribution in [0.25, 0.3) is 0 Å². The average Bonchev–Trinajstić information content (AvgIpc) is 2.79. The summed E-state index contributed by atoms with van der Waals surface area (Å²) in [5.41, 5.74) is 0.856. The fourth-order valence-corrected chi connectivity index (χ4v) is 5.01. The molecule has 0 spiro atoms. The minimum Gasteiger partial charge on any atom is -0.331 e. The van der Waals surface area contributed by atoms with Crippen molar-refractivity contribution in [1.82, 2.24) is 21.3 Å². The number of halogens is 3. The Bertz CT molecular complexity index is 1130. The van der Waals surface area contributed by atoms with Crippen molar-refractivity contribution in [3.8, 4) is 0 Å². The van der Waals surface area contributed by atoms with Crippen LogP contribution in [0.3, 0.4) is 0 Å². The zero-order valence-corrected chi connectivity index (χ0v) is 18.6. The van der Waals surface area contributed by atoms with Gasteiger partial charge in [0.05, 0.1) is 18.0 Å². The molecule has 2 heterocycles. The summed E-state index contributed by atoms with van der Waals surface area (Å²) in [6, 6.07) is 18.1. The number of benzene rings is 3. The number of urea groups is 2. The van der Waals surface area contributed by atoms with Crippen molar-refractivity contribution in [3.63, 3.8) is 0 Å². The summed E-state index contributed by atoms with van der Waals surface area (Å²) in [6.45, 7) is 0. The normalized spacial score (nSPS) is 26.3. The quantitative estimate of drug-likeness (QED) is 0.421. The van der Waals surface area contributed by atoms with Gasteiger partial charge in [-0.2, -0.15) is 0 Å². The molecule has 168 valence electrons. The van der Waals surface area contributed by atoms with Crippen molar-refractivity contribution in [3.05, 3.63) is 105 Å². The molecule has 33 heavy (non-hydrogen) atoms. The minimum atomic E-state index is -1.31. The van der Waals surface area contributed by atoms with Gasteiger partial charge in [-0.15, -0.1) is 0 Å². The molecule has 2 aliphatic rings. The highest BCUT2D eigenvalue weighted by atomic mass is 35.5. The SMILES string of the molecule is O=C1NC(c2ccc(Cl)cc2)C2C(c3ccc(Cl)cc3)NC(=O)NC2(c2ccc(F)cc2)N1. The molecule has 0 bridgehead atoms. The zero-order valence-electron chi connectivity index (χ0n) is 17.1. The molecule has 3 aromatic rings. The van der Waals surface area contributed by atoms with Crippen LogP contribution in [0.4, 0.5) is 14.0 Å². The van der Waals surface area contributed by atoms with Crippen LogP contribution in [-0.4, -0.2) is 12.1 Å². The van der Waals surface area contributed by atoms with Gasteiger partial charge in [-0.25, -0.2) is 14.0 Å².